The van der Waals surface area contributed by atoms with Crippen molar-refractivity contribution in [2.24, 2.45) is 0 Å². The van der Waals surface area contributed by atoms with Gasteiger partial charge in [0.15, 0.2) is 0 Å². The molecule has 1 unspecified atom stereocenters. The summed E-state index contributed by atoms with van der Waals surface area (Å²) < 4.78 is 0. The van der Waals surface area contributed by atoms with Gasteiger partial charge in [0.05, 0.1) is 0 Å². The van der Waals surface area contributed by atoms with E-state index in [1.165, 1.54) is 12.8 Å². The van der Waals surface area contributed by atoms with E-state index in [1.807, 2.05) is 18.2 Å². The largest absolute Gasteiger partial charge is 0.481 e. The molecule has 0 amide bonds. The summed E-state index contributed by atoms with van der Waals surface area (Å²) in [5.74, 6) is -0.721. The van der Waals surface area contributed by atoms with Crippen molar-refractivity contribution in [3.8, 4) is 0 Å². The molecule has 0 heterocycles. The van der Waals surface area contributed by atoms with Crippen LogP contribution in [0, 0.1) is 0 Å². The number of halogens is 1. The van der Waals surface area contributed by atoms with Gasteiger partial charge in [-0.2, -0.15) is 0 Å². The number of carbonyl (C=O) groups is 1. The fourth-order valence-corrected chi connectivity index (χ4v) is 2.80. The molecule has 0 aliphatic heterocycles. The zero-order chi connectivity index (χ0) is 13.8. The Kier molecular flexibility index (Phi) is 4.83. The second-order valence-corrected chi connectivity index (χ2v) is 5.57. The number of nitrogens with zero attached hydrogens (tertiary/aromatic N) is 1. The van der Waals surface area contributed by atoms with Crippen molar-refractivity contribution in [2.75, 3.05) is 6.54 Å². The van der Waals surface area contributed by atoms with Crippen molar-refractivity contribution in [3.63, 3.8) is 0 Å². The first kappa shape index (κ1) is 14.4. The quantitative estimate of drug-likeness (QED) is 0.828. The predicted molar refractivity (Wildman–Crippen MR) is 76.5 cm³/mol. The molecule has 1 N–H and O–H groups in total. The number of carboxylic acids is 1. The minimum Gasteiger partial charge on any atom is -0.481 e. The minimum absolute atomic E-state index is 0.235. The standard InChI is InChI=1S/C15H20ClNO2/c1-11(13-5-2-3-6-14(13)16)17(12-8-9-12)10-4-7-15(18)19/h2-3,5-6,11-12H,4,7-10H2,1H3,(H,18,19). The maximum atomic E-state index is 10.6. The first-order valence-electron chi connectivity index (χ1n) is 6.81. The van der Waals surface area contributed by atoms with Crippen LogP contribution in [-0.4, -0.2) is 28.6 Å². The fraction of sp³-hybridized carbons (Fsp3) is 0.533. The Morgan fingerprint density at radius 1 is 1.47 bits per heavy atom. The van der Waals surface area contributed by atoms with Crippen LogP contribution in [0.2, 0.25) is 5.02 Å². The molecule has 1 saturated carbocycles. The second-order valence-electron chi connectivity index (χ2n) is 5.16. The second kappa shape index (κ2) is 6.40. The highest BCUT2D eigenvalue weighted by atomic mass is 35.5. The Labute approximate surface area is 119 Å². The van der Waals surface area contributed by atoms with E-state index in [4.69, 9.17) is 16.7 Å². The van der Waals surface area contributed by atoms with Crippen LogP contribution in [0.15, 0.2) is 24.3 Å². The van der Waals surface area contributed by atoms with Gasteiger partial charge >= 0.3 is 5.97 Å². The lowest BCUT2D eigenvalue weighted by Gasteiger charge is -2.30. The number of aliphatic carboxylic acids is 1. The maximum Gasteiger partial charge on any atom is 0.303 e. The molecule has 0 spiro atoms. The molecule has 104 valence electrons. The van der Waals surface area contributed by atoms with E-state index in [-0.39, 0.29) is 12.5 Å². The number of hydrogen-bond acceptors (Lipinski definition) is 2. The zero-order valence-electron chi connectivity index (χ0n) is 11.2. The molecule has 19 heavy (non-hydrogen) atoms. The Hall–Kier alpha value is -1.06. The SMILES string of the molecule is CC(c1ccccc1Cl)N(CCCC(=O)O)C1CC1. The molecule has 0 radical (unpaired) electrons. The molecule has 1 aliphatic carbocycles. The normalized spacial score (nSPS) is 16.6. The zero-order valence-corrected chi connectivity index (χ0v) is 11.9. The Morgan fingerprint density at radius 3 is 2.74 bits per heavy atom. The lowest BCUT2D eigenvalue weighted by molar-refractivity contribution is -0.137. The minimum atomic E-state index is -0.721. The molecular formula is C15H20ClNO2. The van der Waals surface area contributed by atoms with Crippen LogP contribution < -0.4 is 0 Å². The average Bonchev–Trinajstić information content (AvgIpc) is 3.18. The van der Waals surface area contributed by atoms with Crippen molar-refractivity contribution in [2.45, 2.75) is 44.7 Å². The topological polar surface area (TPSA) is 40.5 Å². The smallest absolute Gasteiger partial charge is 0.303 e. The molecular weight excluding hydrogens is 262 g/mol. The van der Waals surface area contributed by atoms with Gasteiger partial charge in [0.1, 0.15) is 0 Å². The van der Waals surface area contributed by atoms with Gasteiger partial charge in [-0.3, -0.25) is 9.69 Å². The van der Waals surface area contributed by atoms with Crippen molar-refractivity contribution >= 4 is 17.6 Å². The van der Waals surface area contributed by atoms with Gasteiger partial charge in [0, 0.05) is 23.5 Å². The van der Waals surface area contributed by atoms with Gasteiger partial charge < -0.3 is 5.11 Å². The summed E-state index contributed by atoms with van der Waals surface area (Å²) in [6.45, 7) is 2.98. The summed E-state index contributed by atoms with van der Waals surface area (Å²) in [5, 5.41) is 9.53. The highest BCUT2D eigenvalue weighted by molar-refractivity contribution is 6.31. The van der Waals surface area contributed by atoms with Gasteiger partial charge in [-0.15, -0.1) is 0 Å². The van der Waals surface area contributed by atoms with E-state index in [9.17, 15) is 4.79 Å². The van der Waals surface area contributed by atoms with Gasteiger partial charge in [-0.25, -0.2) is 0 Å². The molecule has 4 heteroatoms. The maximum absolute atomic E-state index is 10.6. The van der Waals surface area contributed by atoms with Crippen LogP contribution in [0.25, 0.3) is 0 Å². The van der Waals surface area contributed by atoms with Crippen LogP contribution in [-0.2, 0) is 4.79 Å². The van der Waals surface area contributed by atoms with Gasteiger partial charge in [-0.05, 0) is 44.4 Å². The van der Waals surface area contributed by atoms with E-state index in [0.717, 1.165) is 17.1 Å². The number of benzene rings is 1. The number of hydrogen-bond donors (Lipinski definition) is 1. The monoisotopic (exact) mass is 281 g/mol. The number of carboxylic acid groups (broad SMARTS) is 1. The lowest BCUT2D eigenvalue weighted by atomic mass is 10.1. The average molecular weight is 282 g/mol. The highest BCUT2D eigenvalue weighted by Gasteiger charge is 2.32. The van der Waals surface area contributed by atoms with Crippen LogP contribution in [0.4, 0.5) is 0 Å². The van der Waals surface area contributed by atoms with E-state index >= 15 is 0 Å². The van der Waals surface area contributed by atoms with Gasteiger partial charge in [0.2, 0.25) is 0 Å². The highest BCUT2D eigenvalue weighted by Crippen LogP contribution is 2.36. The Balaban J connectivity index is 2.02. The third-order valence-corrected chi connectivity index (χ3v) is 4.02. The Bertz CT molecular complexity index is 446. The molecule has 1 aromatic carbocycles. The van der Waals surface area contributed by atoms with Gasteiger partial charge in [0.25, 0.3) is 0 Å². The molecule has 1 aliphatic rings. The van der Waals surface area contributed by atoms with Crippen LogP contribution in [0.1, 0.15) is 44.2 Å². The predicted octanol–water partition coefficient (Wildman–Crippen LogP) is 3.73. The van der Waals surface area contributed by atoms with Crippen LogP contribution in [0.3, 0.4) is 0 Å². The molecule has 0 bridgehead atoms. The summed E-state index contributed by atoms with van der Waals surface area (Å²) in [4.78, 5) is 13.0. The van der Waals surface area contributed by atoms with Crippen molar-refractivity contribution < 1.29 is 9.90 Å². The summed E-state index contributed by atoms with van der Waals surface area (Å²) in [6.07, 6.45) is 3.35. The molecule has 0 saturated heterocycles. The summed E-state index contributed by atoms with van der Waals surface area (Å²) >= 11 is 6.25. The van der Waals surface area contributed by atoms with Crippen molar-refractivity contribution in [1.82, 2.24) is 4.90 Å². The summed E-state index contributed by atoms with van der Waals surface area (Å²) in [5.41, 5.74) is 1.13. The van der Waals surface area contributed by atoms with Crippen LogP contribution >= 0.6 is 11.6 Å². The van der Waals surface area contributed by atoms with Crippen LogP contribution in [0.5, 0.6) is 0 Å². The van der Waals surface area contributed by atoms with E-state index in [0.29, 0.717) is 12.5 Å². The summed E-state index contributed by atoms with van der Waals surface area (Å²) in [7, 11) is 0. The van der Waals surface area contributed by atoms with E-state index < -0.39 is 5.97 Å². The molecule has 1 aromatic rings. The summed E-state index contributed by atoms with van der Waals surface area (Å²) in [6, 6.07) is 8.75. The van der Waals surface area contributed by atoms with E-state index in [1.54, 1.807) is 0 Å². The first-order chi connectivity index (χ1) is 9.09. The van der Waals surface area contributed by atoms with Crippen molar-refractivity contribution in [1.29, 1.82) is 0 Å². The lowest BCUT2D eigenvalue weighted by Crippen LogP contribution is -2.30. The third-order valence-electron chi connectivity index (χ3n) is 3.68. The third kappa shape index (κ3) is 3.95. The number of rotatable bonds is 7. The molecule has 0 aromatic heterocycles. The first-order valence-corrected chi connectivity index (χ1v) is 7.19. The van der Waals surface area contributed by atoms with E-state index in [2.05, 4.69) is 17.9 Å². The Morgan fingerprint density at radius 2 is 2.16 bits per heavy atom. The van der Waals surface area contributed by atoms with Crippen molar-refractivity contribution in [3.05, 3.63) is 34.9 Å². The molecule has 1 atom stereocenters. The van der Waals surface area contributed by atoms with Gasteiger partial charge in [-0.1, -0.05) is 29.8 Å². The molecule has 3 nitrogen and oxygen atoms in total. The molecule has 1 fully saturated rings. The molecule has 2 rings (SSSR count). The fourth-order valence-electron chi connectivity index (χ4n) is 2.50.